The van der Waals surface area contributed by atoms with Gasteiger partial charge in [0.2, 0.25) is 0 Å². The molecule has 8 heteroatoms. The smallest absolute Gasteiger partial charge is 0.259 e. The topological polar surface area (TPSA) is 51.4 Å². The Hall–Kier alpha value is -2.31. The van der Waals surface area contributed by atoms with E-state index < -0.39 is 0 Å². The van der Waals surface area contributed by atoms with E-state index in [4.69, 9.17) is 17.0 Å². The number of nitrogens with zero attached hydrogens (tertiary/aromatic N) is 3. The average molecular weight is 469 g/mol. The summed E-state index contributed by atoms with van der Waals surface area (Å²) >= 11 is 5.63. The molecule has 1 aliphatic heterocycles. The standard InChI is InChI=1S/C24H29N4O2PS/c1-17-22(28(19-6-4-3-5-7-19)24(32)26(2)23(17)29)25-14-20-16-27(12-13-30-20)15-18-8-10-21(31)11-9-18/h3-11,20,25H,12-16,31H2,1-2H3. The summed E-state index contributed by atoms with van der Waals surface area (Å²) in [4.78, 5) is 15.1. The molecule has 6 nitrogen and oxygen atoms in total. The first kappa shape index (κ1) is 22.9. The maximum absolute atomic E-state index is 12.7. The third-order valence-corrected chi connectivity index (χ3v) is 6.64. The number of anilines is 1. The zero-order valence-electron chi connectivity index (χ0n) is 18.5. The number of rotatable bonds is 6. The van der Waals surface area contributed by atoms with Crippen LogP contribution in [0.25, 0.3) is 5.69 Å². The molecule has 3 aromatic rings. The van der Waals surface area contributed by atoms with Crippen LogP contribution in [-0.2, 0) is 18.3 Å². The first-order chi connectivity index (χ1) is 15.4. The Kier molecular flexibility index (Phi) is 7.21. The van der Waals surface area contributed by atoms with Crippen molar-refractivity contribution in [1.82, 2.24) is 14.0 Å². The molecule has 0 saturated carbocycles. The third-order valence-electron chi connectivity index (χ3n) is 5.80. The molecule has 1 saturated heterocycles. The van der Waals surface area contributed by atoms with Crippen LogP contribution < -0.4 is 16.2 Å². The SMILES string of the molecule is Cc1c(NCC2CN(Cc3ccc(P)cc3)CCO2)n(-c2ccccc2)c(=S)n(C)c1=O. The lowest BCUT2D eigenvalue weighted by atomic mass is 10.2. The molecule has 2 atom stereocenters. The molecule has 0 radical (unpaired) electrons. The van der Waals surface area contributed by atoms with Gasteiger partial charge in [-0.25, -0.2) is 0 Å². The highest BCUT2D eigenvalue weighted by Crippen LogP contribution is 2.20. The van der Waals surface area contributed by atoms with Gasteiger partial charge in [0.1, 0.15) is 5.82 Å². The number of ether oxygens (including phenoxy) is 1. The van der Waals surface area contributed by atoms with Crippen molar-refractivity contribution in [3.63, 3.8) is 0 Å². The minimum atomic E-state index is -0.0894. The summed E-state index contributed by atoms with van der Waals surface area (Å²) in [5, 5.41) is 4.67. The summed E-state index contributed by atoms with van der Waals surface area (Å²) in [6.07, 6.45) is 0.0195. The Labute approximate surface area is 196 Å². The van der Waals surface area contributed by atoms with E-state index in [2.05, 4.69) is 43.7 Å². The number of para-hydroxylation sites is 1. The van der Waals surface area contributed by atoms with E-state index in [1.807, 2.05) is 41.8 Å². The number of nitrogens with one attached hydrogen (secondary N) is 1. The van der Waals surface area contributed by atoms with Crippen molar-refractivity contribution < 1.29 is 4.74 Å². The number of morpholine rings is 1. The first-order valence-corrected chi connectivity index (χ1v) is 11.7. The van der Waals surface area contributed by atoms with Gasteiger partial charge in [0.15, 0.2) is 4.77 Å². The zero-order chi connectivity index (χ0) is 22.7. The molecule has 168 valence electrons. The van der Waals surface area contributed by atoms with Crippen LogP contribution in [0, 0.1) is 11.7 Å². The van der Waals surface area contributed by atoms with Gasteiger partial charge in [-0.3, -0.25) is 18.8 Å². The second kappa shape index (κ2) is 10.1. The molecular formula is C24H29N4O2PS. The predicted octanol–water partition coefficient (Wildman–Crippen LogP) is 3.03. The van der Waals surface area contributed by atoms with E-state index in [0.29, 0.717) is 23.5 Å². The van der Waals surface area contributed by atoms with E-state index in [1.54, 1.807) is 7.05 Å². The summed E-state index contributed by atoms with van der Waals surface area (Å²) in [6.45, 7) is 5.75. The van der Waals surface area contributed by atoms with Crippen molar-refractivity contribution in [2.24, 2.45) is 7.05 Å². The molecule has 2 aromatic carbocycles. The summed E-state index contributed by atoms with van der Waals surface area (Å²) in [5.41, 5.74) is 2.76. The summed E-state index contributed by atoms with van der Waals surface area (Å²) in [5.74, 6) is 0.723. The van der Waals surface area contributed by atoms with Crippen LogP contribution >= 0.6 is 21.5 Å². The van der Waals surface area contributed by atoms with E-state index in [-0.39, 0.29) is 11.7 Å². The molecule has 32 heavy (non-hydrogen) atoms. The van der Waals surface area contributed by atoms with Crippen molar-refractivity contribution in [2.75, 3.05) is 31.6 Å². The van der Waals surface area contributed by atoms with Gasteiger partial charge in [-0.1, -0.05) is 42.5 Å². The molecule has 0 bridgehead atoms. The molecule has 1 aromatic heterocycles. The van der Waals surface area contributed by atoms with Crippen molar-refractivity contribution in [3.05, 3.63) is 80.8 Å². The Morgan fingerprint density at radius 2 is 1.88 bits per heavy atom. The Balaban J connectivity index is 1.52. The van der Waals surface area contributed by atoms with E-state index in [1.165, 1.54) is 15.4 Å². The monoisotopic (exact) mass is 468 g/mol. The minimum absolute atomic E-state index is 0.0195. The lowest BCUT2D eigenvalue weighted by molar-refractivity contribution is -0.0241. The van der Waals surface area contributed by atoms with Crippen molar-refractivity contribution in [1.29, 1.82) is 0 Å². The van der Waals surface area contributed by atoms with Crippen LogP contribution in [0.5, 0.6) is 0 Å². The molecule has 2 unspecified atom stereocenters. The molecule has 1 N–H and O–H groups in total. The van der Waals surface area contributed by atoms with Gasteiger partial charge in [-0.2, -0.15) is 0 Å². The zero-order valence-corrected chi connectivity index (χ0v) is 20.4. The van der Waals surface area contributed by atoms with Gasteiger partial charge in [0, 0.05) is 38.9 Å². The van der Waals surface area contributed by atoms with E-state index >= 15 is 0 Å². The molecule has 1 aliphatic rings. The highest BCUT2D eigenvalue weighted by molar-refractivity contribution is 7.71. The molecule has 0 spiro atoms. The second-order valence-corrected chi connectivity index (χ2v) is 9.17. The summed E-state index contributed by atoms with van der Waals surface area (Å²) in [7, 11) is 4.44. The number of hydrogen-bond donors (Lipinski definition) is 1. The largest absolute Gasteiger partial charge is 0.374 e. The predicted molar refractivity (Wildman–Crippen MR) is 136 cm³/mol. The van der Waals surface area contributed by atoms with Crippen LogP contribution in [0.2, 0.25) is 0 Å². The maximum atomic E-state index is 12.7. The normalized spacial score (nSPS) is 16.8. The molecule has 0 aliphatic carbocycles. The van der Waals surface area contributed by atoms with E-state index in [9.17, 15) is 4.79 Å². The van der Waals surface area contributed by atoms with Gasteiger partial charge in [-0.15, -0.1) is 9.24 Å². The third kappa shape index (κ3) is 5.02. The van der Waals surface area contributed by atoms with Gasteiger partial charge in [-0.05, 0) is 42.1 Å². The number of hydrogen-bond acceptors (Lipinski definition) is 5. The molecule has 0 amide bonds. The second-order valence-electron chi connectivity index (χ2n) is 8.14. The number of benzene rings is 2. The fourth-order valence-corrected chi connectivity index (χ4v) is 4.49. The Morgan fingerprint density at radius 3 is 2.59 bits per heavy atom. The molecule has 2 heterocycles. The first-order valence-electron chi connectivity index (χ1n) is 10.7. The molecule has 4 rings (SSSR count). The quantitative estimate of drug-likeness (QED) is 0.445. The average Bonchev–Trinajstić information content (AvgIpc) is 2.81. The molecular weight excluding hydrogens is 439 g/mol. The maximum Gasteiger partial charge on any atom is 0.259 e. The van der Waals surface area contributed by atoms with Crippen LogP contribution in [0.1, 0.15) is 11.1 Å². The van der Waals surface area contributed by atoms with Crippen molar-refractivity contribution >= 4 is 32.6 Å². The van der Waals surface area contributed by atoms with Gasteiger partial charge < -0.3 is 10.1 Å². The van der Waals surface area contributed by atoms with Crippen LogP contribution in [-0.4, -0.2) is 46.4 Å². The van der Waals surface area contributed by atoms with Crippen molar-refractivity contribution in [3.8, 4) is 5.69 Å². The van der Waals surface area contributed by atoms with Crippen molar-refractivity contribution in [2.45, 2.75) is 19.6 Å². The van der Waals surface area contributed by atoms with Gasteiger partial charge in [0.25, 0.3) is 5.56 Å². The number of aromatic nitrogens is 2. The minimum Gasteiger partial charge on any atom is -0.374 e. The van der Waals surface area contributed by atoms with Gasteiger partial charge in [0.05, 0.1) is 18.3 Å². The molecule has 1 fully saturated rings. The summed E-state index contributed by atoms with van der Waals surface area (Å²) < 4.78 is 9.93. The van der Waals surface area contributed by atoms with Crippen LogP contribution in [0.15, 0.2) is 59.4 Å². The fraction of sp³-hybridized carbons (Fsp3) is 0.333. The Bertz CT molecular complexity index is 1190. The highest BCUT2D eigenvalue weighted by atomic mass is 32.1. The van der Waals surface area contributed by atoms with E-state index in [0.717, 1.165) is 31.1 Å². The highest BCUT2D eigenvalue weighted by Gasteiger charge is 2.22. The van der Waals surface area contributed by atoms with Crippen LogP contribution in [0.4, 0.5) is 5.82 Å². The fourth-order valence-electron chi connectivity index (χ4n) is 4.02. The van der Waals surface area contributed by atoms with Crippen LogP contribution in [0.3, 0.4) is 0 Å². The lowest BCUT2D eigenvalue weighted by Crippen LogP contribution is -2.45. The Morgan fingerprint density at radius 1 is 1.16 bits per heavy atom. The van der Waals surface area contributed by atoms with Gasteiger partial charge >= 0.3 is 0 Å². The summed E-state index contributed by atoms with van der Waals surface area (Å²) in [6, 6.07) is 18.4. The lowest BCUT2D eigenvalue weighted by Gasteiger charge is -2.33.